The second-order valence-electron chi connectivity index (χ2n) is 6.56. The van der Waals surface area contributed by atoms with Gasteiger partial charge in [0.15, 0.2) is 0 Å². The Morgan fingerprint density at radius 1 is 1.35 bits per heavy atom. The highest BCUT2D eigenvalue weighted by molar-refractivity contribution is 5.91. The first kappa shape index (κ1) is 20.2. The van der Waals surface area contributed by atoms with Gasteiger partial charge in [-0.05, 0) is 44.6 Å². The number of benzene rings is 1. The SMILES string of the molecule is CCN(CC(=O)O)C1CCN(CCC(=O)Nc2cccc(OC)c2)CC1. The highest BCUT2D eigenvalue weighted by Gasteiger charge is 2.25. The first-order valence-electron chi connectivity index (χ1n) is 9.14. The quantitative estimate of drug-likeness (QED) is 0.697. The van der Waals surface area contributed by atoms with Crippen molar-refractivity contribution in [2.45, 2.75) is 32.2 Å². The lowest BCUT2D eigenvalue weighted by atomic mass is 10.0. The predicted octanol–water partition coefficient (Wildman–Crippen LogP) is 1.89. The number of nitrogens with zero attached hydrogens (tertiary/aromatic N) is 2. The van der Waals surface area contributed by atoms with Gasteiger partial charge in [-0.1, -0.05) is 13.0 Å². The third-order valence-electron chi connectivity index (χ3n) is 4.83. The maximum atomic E-state index is 12.1. The zero-order chi connectivity index (χ0) is 18.9. The second-order valence-corrected chi connectivity index (χ2v) is 6.56. The molecular weight excluding hydrogens is 334 g/mol. The standard InChI is InChI=1S/C19H29N3O4/c1-3-22(14-19(24)25)16-7-10-21(11-8-16)12-9-18(23)20-15-5-4-6-17(13-15)26-2/h4-6,13,16H,3,7-12,14H2,1-2H3,(H,20,23)(H,24,25). The fourth-order valence-electron chi connectivity index (χ4n) is 3.36. The van der Waals surface area contributed by atoms with Gasteiger partial charge in [0.2, 0.25) is 5.91 Å². The molecule has 1 aromatic rings. The van der Waals surface area contributed by atoms with E-state index in [1.54, 1.807) is 13.2 Å². The van der Waals surface area contributed by atoms with E-state index >= 15 is 0 Å². The molecule has 0 bridgehead atoms. The van der Waals surface area contributed by atoms with Crippen LogP contribution in [0.3, 0.4) is 0 Å². The number of ether oxygens (including phenoxy) is 1. The maximum Gasteiger partial charge on any atom is 0.317 e. The lowest BCUT2D eigenvalue weighted by Gasteiger charge is -2.37. The molecule has 2 rings (SSSR count). The molecule has 0 saturated carbocycles. The predicted molar refractivity (Wildman–Crippen MR) is 101 cm³/mol. The van der Waals surface area contributed by atoms with Crippen LogP contribution in [0.4, 0.5) is 5.69 Å². The molecule has 0 radical (unpaired) electrons. The fraction of sp³-hybridized carbons (Fsp3) is 0.579. The number of nitrogens with one attached hydrogen (secondary N) is 1. The summed E-state index contributed by atoms with van der Waals surface area (Å²) in [5.41, 5.74) is 0.736. The van der Waals surface area contributed by atoms with Gasteiger partial charge >= 0.3 is 5.97 Å². The van der Waals surface area contributed by atoms with Crippen LogP contribution in [-0.2, 0) is 9.59 Å². The molecule has 144 valence electrons. The van der Waals surface area contributed by atoms with Crippen LogP contribution in [0.25, 0.3) is 0 Å². The fourth-order valence-corrected chi connectivity index (χ4v) is 3.36. The lowest BCUT2D eigenvalue weighted by Crippen LogP contribution is -2.47. The van der Waals surface area contributed by atoms with Crippen LogP contribution < -0.4 is 10.1 Å². The third kappa shape index (κ3) is 6.31. The van der Waals surface area contributed by atoms with E-state index in [1.807, 2.05) is 30.0 Å². The van der Waals surface area contributed by atoms with Crippen LogP contribution >= 0.6 is 0 Å². The van der Waals surface area contributed by atoms with Crippen molar-refractivity contribution in [3.05, 3.63) is 24.3 Å². The number of amides is 1. The van der Waals surface area contributed by atoms with E-state index in [0.29, 0.717) is 24.8 Å². The van der Waals surface area contributed by atoms with Gasteiger partial charge in [0.1, 0.15) is 5.75 Å². The Morgan fingerprint density at radius 3 is 2.69 bits per heavy atom. The van der Waals surface area contributed by atoms with Crippen molar-refractivity contribution in [3.63, 3.8) is 0 Å². The Bertz CT molecular complexity index is 600. The average molecular weight is 363 g/mol. The van der Waals surface area contributed by atoms with Crippen LogP contribution in [0, 0.1) is 0 Å². The Kier molecular flexibility index (Phi) is 7.87. The molecule has 7 nitrogen and oxygen atoms in total. The van der Waals surface area contributed by atoms with Crippen LogP contribution in [0.15, 0.2) is 24.3 Å². The van der Waals surface area contributed by atoms with E-state index in [1.165, 1.54) is 0 Å². The van der Waals surface area contributed by atoms with Gasteiger partial charge in [0.05, 0.1) is 13.7 Å². The van der Waals surface area contributed by atoms with Gasteiger partial charge in [-0.25, -0.2) is 0 Å². The van der Waals surface area contributed by atoms with Crippen molar-refractivity contribution >= 4 is 17.6 Å². The van der Waals surface area contributed by atoms with Gasteiger partial charge in [-0.2, -0.15) is 0 Å². The smallest absolute Gasteiger partial charge is 0.317 e. The summed E-state index contributed by atoms with van der Waals surface area (Å²) >= 11 is 0. The molecule has 0 unspecified atom stereocenters. The van der Waals surface area contributed by atoms with Crippen molar-refractivity contribution in [2.24, 2.45) is 0 Å². The Morgan fingerprint density at radius 2 is 2.08 bits per heavy atom. The van der Waals surface area contributed by atoms with Crippen molar-refractivity contribution in [1.29, 1.82) is 0 Å². The van der Waals surface area contributed by atoms with E-state index in [0.717, 1.165) is 38.2 Å². The van der Waals surface area contributed by atoms with Gasteiger partial charge < -0.3 is 20.1 Å². The van der Waals surface area contributed by atoms with Crippen LogP contribution in [0.1, 0.15) is 26.2 Å². The number of methoxy groups -OCH3 is 1. The van der Waals surface area contributed by atoms with Crippen LogP contribution in [0.2, 0.25) is 0 Å². The molecule has 0 spiro atoms. The van der Waals surface area contributed by atoms with E-state index in [-0.39, 0.29) is 12.5 Å². The number of hydrogen-bond donors (Lipinski definition) is 2. The zero-order valence-corrected chi connectivity index (χ0v) is 15.6. The summed E-state index contributed by atoms with van der Waals surface area (Å²) in [7, 11) is 1.60. The highest BCUT2D eigenvalue weighted by Crippen LogP contribution is 2.18. The summed E-state index contributed by atoms with van der Waals surface area (Å²) in [6.45, 7) is 5.36. The van der Waals surface area contributed by atoms with Gasteiger partial charge in [0, 0.05) is 30.8 Å². The van der Waals surface area contributed by atoms with Crippen molar-refractivity contribution in [3.8, 4) is 5.75 Å². The first-order valence-corrected chi connectivity index (χ1v) is 9.14. The molecule has 1 fully saturated rings. The number of likely N-dealkylation sites (N-methyl/N-ethyl adjacent to an activating group) is 1. The summed E-state index contributed by atoms with van der Waals surface area (Å²) in [6, 6.07) is 7.64. The summed E-state index contributed by atoms with van der Waals surface area (Å²) in [4.78, 5) is 27.4. The molecule has 1 aliphatic rings. The second kappa shape index (κ2) is 10.1. The van der Waals surface area contributed by atoms with Crippen LogP contribution in [0.5, 0.6) is 5.75 Å². The summed E-state index contributed by atoms with van der Waals surface area (Å²) < 4.78 is 5.15. The van der Waals surface area contributed by atoms with E-state index in [4.69, 9.17) is 9.84 Å². The Labute approximate surface area is 154 Å². The normalized spacial score (nSPS) is 15.8. The number of likely N-dealkylation sites (tertiary alicyclic amines) is 1. The maximum absolute atomic E-state index is 12.1. The zero-order valence-electron chi connectivity index (χ0n) is 15.6. The molecule has 1 aliphatic heterocycles. The number of hydrogen-bond acceptors (Lipinski definition) is 5. The largest absolute Gasteiger partial charge is 0.497 e. The van der Waals surface area contributed by atoms with Crippen molar-refractivity contribution in [2.75, 3.05) is 45.2 Å². The van der Waals surface area contributed by atoms with E-state index in [9.17, 15) is 9.59 Å². The molecule has 2 N–H and O–H groups in total. The van der Waals surface area contributed by atoms with E-state index in [2.05, 4.69) is 10.2 Å². The minimum atomic E-state index is -0.775. The monoisotopic (exact) mass is 363 g/mol. The topological polar surface area (TPSA) is 82.1 Å². The molecular formula is C19H29N3O4. The number of carboxylic acids is 1. The Hall–Kier alpha value is -2.12. The number of carbonyl (C=O) groups is 2. The van der Waals surface area contributed by atoms with Crippen molar-refractivity contribution in [1.82, 2.24) is 9.80 Å². The number of piperidine rings is 1. The number of aliphatic carboxylic acids is 1. The molecule has 1 aromatic carbocycles. The van der Waals surface area contributed by atoms with Gasteiger partial charge in [0.25, 0.3) is 0 Å². The molecule has 1 heterocycles. The summed E-state index contributed by atoms with van der Waals surface area (Å²) in [5, 5.41) is 11.9. The number of carboxylic acid groups (broad SMARTS) is 1. The lowest BCUT2D eigenvalue weighted by molar-refractivity contribution is -0.139. The molecule has 0 atom stereocenters. The molecule has 1 amide bonds. The Balaban J connectivity index is 1.72. The van der Waals surface area contributed by atoms with Crippen molar-refractivity contribution < 1.29 is 19.4 Å². The average Bonchev–Trinajstić information content (AvgIpc) is 2.65. The number of carbonyl (C=O) groups excluding carboxylic acids is 1. The molecule has 1 saturated heterocycles. The molecule has 0 aliphatic carbocycles. The number of rotatable bonds is 9. The summed E-state index contributed by atoms with van der Waals surface area (Å²) in [6.07, 6.45) is 2.33. The van der Waals surface area contributed by atoms with Gasteiger partial charge in [-0.3, -0.25) is 14.5 Å². The third-order valence-corrected chi connectivity index (χ3v) is 4.83. The highest BCUT2D eigenvalue weighted by atomic mass is 16.5. The van der Waals surface area contributed by atoms with E-state index < -0.39 is 5.97 Å². The summed E-state index contributed by atoms with van der Waals surface area (Å²) in [5.74, 6) is -0.0726. The minimum Gasteiger partial charge on any atom is -0.497 e. The van der Waals surface area contributed by atoms with Gasteiger partial charge in [-0.15, -0.1) is 0 Å². The molecule has 26 heavy (non-hydrogen) atoms. The molecule has 0 aromatic heterocycles. The van der Waals surface area contributed by atoms with Crippen LogP contribution in [-0.4, -0.2) is 72.7 Å². The molecule has 7 heteroatoms. The first-order chi connectivity index (χ1) is 12.5. The number of anilines is 1. The minimum absolute atomic E-state index is 0.0126.